The van der Waals surface area contributed by atoms with Crippen LogP contribution in [-0.2, 0) is 0 Å². The van der Waals surface area contributed by atoms with Crippen LogP contribution in [-0.4, -0.2) is 10.1 Å². The second-order valence-electron chi connectivity index (χ2n) is 1.97. The molecule has 12 heavy (non-hydrogen) atoms. The Morgan fingerprint density at radius 2 is 1.92 bits per heavy atom. The van der Waals surface area contributed by atoms with Gasteiger partial charge in [-0.1, -0.05) is 0 Å². The minimum atomic E-state index is -3.13. The predicted molar refractivity (Wildman–Crippen MR) is 30.8 cm³/mol. The van der Waals surface area contributed by atoms with Crippen molar-refractivity contribution in [2.45, 2.75) is 6.43 Å². The van der Waals surface area contributed by atoms with Gasteiger partial charge in [0.2, 0.25) is 5.95 Å². The van der Waals surface area contributed by atoms with E-state index < -0.39 is 29.6 Å². The number of halogens is 4. The molecular formula is C6H3F4NO. The van der Waals surface area contributed by atoms with E-state index in [0.717, 1.165) is 0 Å². The second kappa shape index (κ2) is 2.96. The molecule has 0 bridgehead atoms. The molecule has 0 saturated heterocycles. The molecule has 0 aromatic carbocycles. The van der Waals surface area contributed by atoms with Crippen molar-refractivity contribution in [1.29, 1.82) is 0 Å². The Morgan fingerprint density at radius 1 is 1.33 bits per heavy atom. The molecule has 1 aromatic rings. The molecule has 66 valence electrons. The molecule has 0 radical (unpaired) electrons. The van der Waals surface area contributed by atoms with Gasteiger partial charge in [0.1, 0.15) is 0 Å². The molecule has 0 aliphatic heterocycles. The highest BCUT2D eigenvalue weighted by Crippen LogP contribution is 2.29. The summed E-state index contributed by atoms with van der Waals surface area (Å²) >= 11 is 0. The highest BCUT2D eigenvalue weighted by atomic mass is 19.3. The standard InChI is InChI=1S/C6H3F4NO/c7-3-1-2(5(8)9)4(12)6(10)11-3/h1,5,12H. The molecule has 0 fully saturated rings. The number of hydrogen-bond acceptors (Lipinski definition) is 2. The number of nitrogens with zero attached hydrogens (tertiary/aromatic N) is 1. The molecule has 2 nitrogen and oxygen atoms in total. The summed E-state index contributed by atoms with van der Waals surface area (Å²) in [6.45, 7) is 0. The molecular weight excluding hydrogens is 178 g/mol. The van der Waals surface area contributed by atoms with Gasteiger partial charge in [0, 0.05) is 6.07 Å². The van der Waals surface area contributed by atoms with Crippen molar-refractivity contribution in [2.75, 3.05) is 0 Å². The van der Waals surface area contributed by atoms with Crippen LogP contribution in [0.15, 0.2) is 6.07 Å². The molecule has 1 aromatic heterocycles. The van der Waals surface area contributed by atoms with Gasteiger partial charge in [-0.25, -0.2) is 8.78 Å². The van der Waals surface area contributed by atoms with E-state index in [1.165, 1.54) is 0 Å². The Morgan fingerprint density at radius 3 is 2.42 bits per heavy atom. The minimum absolute atomic E-state index is 0.281. The van der Waals surface area contributed by atoms with Gasteiger partial charge >= 0.3 is 0 Å². The number of rotatable bonds is 1. The topological polar surface area (TPSA) is 33.1 Å². The minimum Gasteiger partial charge on any atom is -0.503 e. The van der Waals surface area contributed by atoms with Gasteiger partial charge in [-0.05, 0) is 0 Å². The van der Waals surface area contributed by atoms with Gasteiger partial charge in [-0.3, -0.25) is 0 Å². The van der Waals surface area contributed by atoms with Crippen molar-refractivity contribution < 1.29 is 22.7 Å². The Bertz CT molecular complexity index is 302. The van der Waals surface area contributed by atoms with Crippen LogP contribution >= 0.6 is 0 Å². The molecule has 0 amide bonds. The zero-order valence-electron chi connectivity index (χ0n) is 5.56. The summed E-state index contributed by atoms with van der Waals surface area (Å²) in [6, 6.07) is 0.281. The van der Waals surface area contributed by atoms with Crippen LogP contribution in [0, 0.1) is 11.9 Å². The van der Waals surface area contributed by atoms with Crippen molar-refractivity contribution in [3.8, 4) is 5.75 Å². The largest absolute Gasteiger partial charge is 0.503 e. The summed E-state index contributed by atoms with van der Waals surface area (Å²) in [5, 5.41) is 8.61. The van der Waals surface area contributed by atoms with E-state index >= 15 is 0 Å². The van der Waals surface area contributed by atoms with Crippen LogP contribution in [0.4, 0.5) is 17.6 Å². The first-order valence-corrected chi connectivity index (χ1v) is 2.85. The Balaban J connectivity index is 3.28. The van der Waals surface area contributed by atoms with Crippen LogP contribution in [0.1, 0.15) is 12.0 Å². The van der Waals surface area contributed by atoms with E-state index in [1.807, 2.05) is 0 Å². The maximum atomic E-state index is 12.3. The second-order valence-corrected chi connectivity index (χ2v) is 1.97. The van der Waals surface area contributed by atoms with Gasteiger partial charge in [-0.15, -0.1) is 0 Å². The lowest BCUT2D eigenvalue weighted by atomic mass is 10.2. The van der Waals surface area contributed by atoms with E-state index in [4.69, 9.17) is 5.11 Å². The molecule has 1 N–H and O–H groups in total. The van der Waals surface area contributed by atoms with Gasteiger partial charge in [0.25, 0.3) is 12.4 Å². The smallest absolute Gasteiger partial charge is 0.267 e. The first-order chi connectivity index (χ1) is 5.52. The maximum absolute atomic E-state index is 12.3. The van der Waals surface area contributed by atoms with Gasteiger partial charge in [0.05, 0.1) is 5.56 Å². The first kappa shape index (κ1) is 8.76. The van der Waals surface area contributed by atoms with E-state index in [1.54, 1.807) is 0 Å². The van der Waals surface area contributed by atoms with Crippen LogP contribution < -0.4 is 0 Å². The maximum Gasteiger partial charge on any atom is 0.267 e. The molecule has 6 heteroatoms. The Kier molecular flexibility index (Phi) is 2.16. The third-order valence-electron chi connectivity index (χ3n) is 1.18. The van der Waals surface area contributed by atoms with Gasteiger partial charge in [0.15, 0.2) is 5.75 Å². The molecule has 1 heterocycles. The lowest BCUT2D eigenvalue weighted by Gasteiger charge is -2.02. The van der Waals surface area contributed by atoms with E-state index in [0.29, 0.717) is 0 Å². The fourth-order valence-corrected chi connectivity index (χ4v) is 0.661. The molecule has 0 atom stereocenters. The number of aromatic nitrogens is 1. The SMILES string of the molecule is Oc1c(C(F)F)cc(F)nc1F. The summed E-state index contributed by atoms with van der Waals surface area (Å²) in [7, 11) is 0. The summed E-state index contributed by atoms with van der Waals surface area (Å²) in [4.78, 5) is 2.50. The normalized spacial score (nSPS) is 10.8. The summed E-state index contributed by atoms with van der Waals surface area (Å²) in [6.07, 6.45) is -3.13. The average molecular weight is 181 g/mol. The highest BCUT2D eigenvalue weighted by Gasteiger charge is 2.18. The Labute approximate surface area is 64.5 Å². The quantitative estimate of drug-likeness (QED) is 0.531. The Hall–Kier alpha value is -1.33. The van der Waals surface area contributed by atoms with Crippen molar-refractivity contribution in [3.63, 3.8) is 0 Å². The number of pyridine rings is 1. The zero-order chi connectivity index (χ0) is 9.30. The number of hydrogen-bond donors (Lipinski definition) is 1. The first-order valence-electron chi connectivity index (χ1n) is 2.85. The number of aromatic hydroxyl groups is 1. The van der Waals surface area contributed by atoms with Gasteiger partial charge in [-0.2, -0.15) is 13.8 Å². The lowest BCUT2D eigenvalue weighted by Crippen LogP contribution is -1.95. The predicted octanol–water partition coefficient (Wildman–Crippen LogP) is 2.00. The third kappa shape index (κ3) is 1.46. The van der Waals surface area contributed by atoms with Crippen LogP contribution in [0.25, 0.3) is 0 Å². The highest BCUT2D eigenvalue weighted by molar-refractivity contribution is 5.30. The third-order valence-corrected chi connectivity index (χ3v) is 1.18. The van der Waals surface area contributed by atoms with Crippen molar-refractivity contribution >= 4 is 0 Å². The summed E-state index contributed by atoms with van der Waals surface area (Å²) in [5.74, 6) is -4.34. The van der Waals surface area contributed by atoms with E-state index in [2.05, 4.69) is 4.98 Å². The molecule has 0 unspecified atom stereocenters. The van der Waals surface area contributed by atoms with Crippen molar-refractivity contribution in [3.05, 3.63) is 23.5 Å². The molecule has 0 saturated carbocycles. The fraction of sp³-hybridized carbons (Fsp3) is 0.167. The van der Waals surface area contributed by atoms with Gasteiger partial charge < -0.3 is 5.11 Å². The number of alkyl halides is 2. The van der Waals surface area contributed by atoms with E-state index in [9.17, 15) is 17.6 Å². The molecule has 0 aliphatic carbocycles. The van der Waals surface area contributed by atoms with Crippen LogP contribution in [0.2, 0.25) is 0 Å². The summed E-state index contributed by atoms with van der Waals surface area (Å²) < 4.78 is 48.2. The average Bonchev–Trinajstić information content (AvgIpc) is 1.96. The zero-order valence-corrected chi connectivity index (χ0v) is 5.56. The molecule has 0 spiro atoms. The van der Waals surface area contributed by atoms with Crippen LogP contribution in [0.5, 0.6) is 5.75 Å². The van der Waals surface area contributed by atoms with Crippen molar-refractivity contribution in [1.82, 2.24) is 4.98 Å². The lowest BCUT2D eigenvalue weighted by molar-refractivity contribution is 0.145. The van der Waals surface area contributed by atoms with Crippen molar-refractivity contribution in [2.24, 2.45) is 0 Å². The summed E-state index contributed by atoms with van der Waals surface area (Å²) in [5.41, 5.74) is -1.10. The molecule has 1 rings (SSSR count). The van der Waals surface area contributed by atoms with E-state index in [-0.39, 0.29) is 6.07 Å². The monoisotopic (exact) mass is 181 g/mol. The van der Waals surface area contributed by atoms with Crippen LogP contribution in [0.3, 0.4) is 0 Å². The fourth-order valence-electron chi connectivity index (χ4n) is 0.661. The molecule has 0 aliphatic rings.